The van der Waals surface area contributed by atoms with Gasteiger partial charge in [-0.05, 0) is 31.7 Å². The molecule has 0 spiro atoms. The number of methoxy groups -OCH3 is 1. The Bertz CT molecular complexity index is 440. The lowest BCUT2D eigenvalue weighted by Crippen LogP contribution is -2.34. The van der Waals surface area contributed by atoms with Gasteiger partial charge in [0.05, 0.1) is 7.11 Å². The molecule has 0 aromatic carbocycles. The maximum atomic E-state index is 11.5. The van der Waals surface area contributed by atoms with Crippen molar-refractivity contribution < 1.29 is 9.53 Å². The molecule has 18 heavy (non-hydrogen) atoms. The second-order valence-corrected chi connectivity index (χ2v) is 4.86. The standard InChI is InChI=1S/C13H19N3O2/c1-9-4-6-16(7-5-9)13-14-10(2)8-11(15-13)12(17)18-3/h8-9H,4-7H2,1-3H3. The van der Waals surface area contributed by atoms with Gasteiger partial charge in [-0.2, -0.15) is 0 Å². The van der Waals surface area contributed by atoms with Crippen LogP contribution in [0.1, 0.15) is 35.9 Å². The first kappa shape index (κ1) is 12.8. The summed E-state index contributed by atoms with van der Waals surface area (Å²) in [6.45, 7) is 6.02. The highest BCUT2D eigenvalue weighted by atomic mass is 16.5. The predicted molar refractivity (Wildman–Crippen MR) is 68.7 cm³/mol. The summed E-state index contributed by atoms with van der Waals surface area (Å²) in [6, 6.07) is 1.65. The second-order valence-electron chi connectivity index (χ2n) is 4.86. The van der Waals surface area contributed by atoms with Gasteiger partial charge in [0, 0.05) is 18.8 Å². The van der Waals surface area contributed by atoms with Crippen LogP contribution in [0.25, 0.3) is 0 Å². The fraction of sp³-hybridized carbons (Fsp3) is 0.615. The lowest BCUT2D eigenvalue weighted by molar-refractivity contribution is 0.0593. The minimum Gasteiger partial charge on any atom is -0.464 e. The Morgan fingerprint density at radius 2 is 2.06 bits per heavy atom. The van der Waals surface area contributed by atoms with E-state index in [9.17, 15) is 4.79 Å². The molecule has 1 fully saturated rings. The van der Waals surface area contributed by atoms with E-state index < -0.39 is 5.97 Å². The van der Waals surface area contributed by atoms with Crippen LogP contribution in [0.15, 0.2) is 6.07 Å². The zero-order valence-electron chi connectivity index (χ0n) is 11.1. The monoisotopic (exact) mass is 249 g/mol. The largest absolute Gasteiger partial charge is 0.464 e. The smallest absolute Gasteiger partial charge is 0.356 e. The van der Waals surface area contributed by atoms with Crippen molar-refractivity contribution in [2.24, 2.45) is 5.92 Å². The third kappa shape index (κ3) is 2.78. The number of hydrogen-bond donors (Lipinski definition) is 0. The Morgan fingerprint density at radius 3 is 2.67 bits per heavy atom. The van der Waals surface area contributed by atoms with Crippen molar-refractivity contribution in [1.29, 1.82) is 0 Å². The second kappa shape index (κ2) is 5.33. The van der Waals surface area contributed by atoms with Crippen LogP contribution >= 0.6 is 0 Å². The number of piperidine rings is 1. The molecule has 0 unspecified atom stereocenters. The molecule has 0 aliphatic carbocycles. The summed E-state index contributed by atoms with van der Waals surface area (Å²) in [5, 5.41) is 0. The predicted octanol–water partition coefficient (Wildman–Crippen LogP) is 1.81. The van der Waals surface area contributed by atoms with E-state index in [1.165, 1.54) is 7.11 Å². The van der Waals surface area contributed by atoms with Gasteiger partial charge < -0.3 is 9.64 Å². The Morgan fingerprint density at radius 1 is 1.39 bits per heavy atom. The van der Waals surface area contributed by atoms with Gasteiger partial charge in [0.2, 0.25) is 5.95 Å². The number of aromatic nitrogens is 2. The Labute approximate surface area is 107 Å². The molecule has 98 valence electrons. The maximum Gasteiger partial charge on any atom is 0.356 e. The lowest BCUT2D eigenvalue weighted by Gasteiger charge is -2.30. The summed E-state index contributed by atoms with van der Waals surface area (Å²) in [4.78, 5) is 22.4. The summed E-state index contributed by atoms with van der Waals surface area (Å²) in [7, 11) is 1.36. The van der Waals surface area contributed by atoms with E-state index in [0.29, 0.717) is 11.6 Å². The average molecular weight is 249 g/mol. The molecule has 0 N–H and O–H groups in total. The van der Waals surface area contributed by atoms with Gasteiger partial charge in [0.1, 0.15) is 0 Å². The lowest BCUT2D eigenvalue weighted by atomic mass is 10.00. The highest BCUT2D eigenvalue weighted by Gasteiger charge is 2.20. The molecule has 0 saturated carbocycles. The third-order valence-electron chi connectivity index (χ3n) is 3.30. The van der Waals surface area contributed by atoms with Crippen LogP contribution in [-0.2, 0) is 4.74 Å². The van der Waals surface area contributed by atoms with Crippen molar-refractivity contribution in [2.75, 3.05) is 25.1 Å². The van der Waals surface area contributed by atoms with Crippen LogP contribution in [0.4, 0.5) is 5.95 Å². The van der Waals surface area contributed by atoms with Gasteiger partial charge in [-0.3, -0.25) is 0 Å². The number of carbonyl (C=O) groups excluding carboxylic acids is 1. The highest BCUT2D eigenvalue weighted by Crippen LogP contribution is 2.20. The summed E-state index contributed by atoms with van der Waals surface area (Å²) in [5.41, 5.74) is 1.12. The van der Waals surface area contributed by atoms with Crippen molar-refractivity contribution in [3.05, 3.63) is 17.5 Å². The number of anilines is 1. The SMILES string of the molecule is COC(=O)c1cc(C)nc(N2CCC(C)CC2)n1. The topological polar surface area (TPSA) is 55.3 Å². The average Bonchev–Trinajstić information content (AvgIpc) is 2.38. The summed E-state index contributed by atoms with van der Waals surface area (Å²) in [5.74, 6) is 0.987. The van der Waals surface area contributed by atoms with Gasteiger partial charge in [0.25, 0.3) is 0 Å². The molecule has 5 nitrogen and oxygen atoms in total. The number of aryl methyl sites for hydroxylation is 1. The summed E-state index contributed by atoms with van der Waals surface area (Å²) < 4.78 is 4.70. The fourth-order valence-corrected chi connectivity index (χ4v) is 2.11. The zero-order valence-corrected chi connectivity index (χ0v) is 11.1. The number of hydrogen-bond acceptors (Lipinski definition) is 5. The molecule has 1 saturated heterocycles. The molecule has 1 aromatic heterocycles. The highest BCUT2D eigenvalue weighted by molar-refractivity contribution is 5.87. The summed E-state index contributed by atoms with van der Waals surface area (Å²) >= 11 is 0. The Balaban J connectivity index is 2.22. The van der Waals surface area contributed by atoms with Gasteiger partial charge in [0.15, 0.2) is 5.69 Å². The van der Waals surface area contributed by atoms with E-state index in [2.05, 4.69) is 21.8 Å². The first-order valence-electron chi connectivity index (χ1n) is 6.29. The molecule has 0 atom stereocenters. The van der Waals surface area contributed by atoms with E-state index in [1.54, 1.807) is 6.07 Å². The van der Waals surface area contributed by atoms with E-state index in [4.69, 9.17) is 4.74 Å². The Hall–Kier alpha value is -1.65. The summed E-state index contributed by atoms with van der Waals surface area (Å²) in [6.07, 6.45) is 2.29. The minimum atomic E-state index is -0.410. The molecular formula is C13H19N3O2. The molecule has 0 bridgehead atoms. The fourth-order valence-electron chi connectivity index (χ4n) is 2.11. The molecule has 1 aliphatic rings. The van der Waals surface area contributed by atoms with E-state index in [0.717, 1.165) is 37.5 Å². The molecule has 0 radical (unpaired) electrons. The minimum absolute atomic E-state index is 0.332. The van der Waals surface area contributed by atoms with Gasteiger partial charge in [-0.1, -0.05) is 6.92 Å². The van der Waals surface area contributed by atoms with E-state index in [-0.39, 0.29) is 0 Å². The number of rotatable bonds is 2. The van der Waals surface area contributed by atoms with Crippen molar-refractivity contribution >= 4 is 11.9 Å². The van der Waals surface area contributed by atoms with Crippen molar-refractivity contribution in [2.45, 2.75) is 26.7 Å². The molecule has 1 aromatic rings. The van der Waals surface area contributed by atoms with Gasteiger partial charge in [-0.15, -0.1) is 0 Å². The van der Waals surface area contributed by atoms with Crippen molar-refractivity contribution in [3.63, 3.8) is 0 Å². The molecule has 0 amide bonds. The van der Waals surface area contributed by atoms with Crippen LogP contribution in [0.5, 0.6) is 0 Å². The molecule has 2 heterocycles. The maximum absolute atomic E-state index is 11.5. The van der Waals surface area contributed by atoms with Crippen LogP contribution in [0.2, 0.25) is 0 Å². The van der Waals surface area contributed by atoms with Gasteiger partial charge in [-0.25, -0.2) is 14.8 Å². The number of carbonyl (C=O) groups is 1. The van der Waals surface area contributed by atoms with Crippen LogP contribution in [0, 0.1) is 12.8 Å². The molecule has 2 rings (SSSR count). The van der Waals surface area contributed by atoms with E-state index in [1.807, 2.05) is 6.92 Å². The number of nitrogens with zero attached hydrogens (tertiary/aromatic N) is 3. The molecule has 1 aliphatic heterocycles. The van der Waals surface area contributed by atoms with Crippen LogP contribution in [-0.4, -0.2) is 36.1 Å². The Kier molecular flexibility index (Phi) is 3.79. The number of esters is 1. The quantitative estimate of drug-likeness (QED) is 0.748. The van der Waals surface area contributed by atoms with Gasteiger partial charge >= 0.3 is 5.97 Å². The molecule has 5 heteroatoms. The first-order valence-corrected chi connectivity index (χ1v) is 6.29. The first-order chi connectivity index (χ1) is 8.60. The van der Waals surface area contributed by atoms with Crippen molar-refractivity contribution in [3.8, 4) is 0 Å². The zero-order chi connectivity index (χ0) is 13.1. The third-order valence-corrected chi connectivity index (χ3v) is 3.30. The van der Waals surface area contributed by atoms with Crippen molar-refractivity contribution in [1.82, 2.24) is 9.97 Å². The normalized spacial score (nSPS) is 16.7. The molecular weight excluding hydrogens is 230 g/mol. The van der Waals surface area contributed by atoms with Crippen LogP contribution in [0.3, 0.4) is 0 Å². The number of ether oxygens (including phenoxy) is 1. The van der Waals surface area contributed by atoms with Crippen LogP contribution < -0.4 is 4.90 Å². The van der Waals surface area contributed by atoms with E-state index >= 15 is 0 Å².